The van der Waals surface area contributed by atoms with Gasteiger partial charge in [-0.3, -0.25) is 9.59 Å². The molecule has 1 aromatic carbocycles. The molecule has 1 aliphatic carbocycles. The van der Waals surface area contributed by atoms with E-state index in [2.05, 4.69) is 10.6 Å². The lowest BCUT2D eigenvalue weighted by molar-refractivity contribution is -0.123. The van der Waals surface area contributed by atoms with Crippen molar-refractivity contribution >= 4 is 47.6 Å². The van der Waals surface area contributed by atoms with Crippen LogP contribution in [0.25, 0.3) is 0 Å². The van der Waals surface area contributed by atoms with Crippen LogP contribution in [0.4, 0.5) is 0 Å². The number of hydrogen-bond donors (Lipinski definition) is 3. The highest BCUT2D eigenvalue weighted by atomic mass is 35.5. The van der Waals surface area contributed by atoms with Crippen LogP contribution in [0.5, 0.6) is 0 Å². The molecule has 0 aromatic heterocycles. The Kier molecular flexibility index (Phi) is 9.64. The molecular formula is C17H25Cl2N3O2S. The summed E-state index contributed by atoms with van der Waals surface area (Å²) in [6.07, 6.45) is 4.73. The van der Waals surface area contributed by atoms with Crippen LogP contribution in [-0.4, -0.2) is 42.5 Å². The third-order valence-corrected chi connectivity index (χ3v) is 5.10. The molecule has 0 saturated heterocycles. The summed E-state index contributed by atoms with van der Waals surface area (Å²) in [4.78, 5) is 25.0. The minimum absolute atomic E-state index is 0. The molecule has 2 unspecified atom stereocenters. The Morgan fingerprint density at radius 3 is 2.56 bits per heavy atom. The third-order valence-electron chi connectivity index (χ3n) is 4.12. The fraction of sp³-hybridized carbons (Fsp3) is 0.529. The second kappa shape index (κ2) is 10.9. The predicted octanol–water partition coefficient (Wildman–Crippen LogP) is 2.47. The van der Waals surface area contributed by atoms with E-state index in [0.29, 0.717) is 29.5 Å². The maximum absolute atomic E-state index is 12.6. The molecule has 1 aliphatic rings. The maximum atomic E-state index is 12.6. The summed E-state index contributed by atoms with van der Waals surface area (Å²) in [5.74, 6) is 0.737. The molecule has 2 rings (SSSR count). The van der Waals surface area contributed by atoms with E-state index >= 15 is 0 Å². The summed E-state index contributed by atoms with van der Waals surface area (Å²) in [7, 11) is 0. The topological polar surface area (TPSA) is 84.2 Å². The largest absolute Gasteiger partial charge is 0.350 e. The van der Waals surface area contributed by atoms with Gasteiger partial charge in [0.05, 0.1) is 10.6 Å². The minimum Gasteiger partial charge on any atom is -0.350 e. The Balaban J connectivity index is 0.00000312. The van der Waals surface area contributed by atoms with Crippen molar-refractivity contribution in [2.75, 3.05) is 18.6 Å². The van der Waals surface area contributed by atoms with E-state index in [1.807, 2.05) is 6.26 Å². The lowest BCUT2D eigenvalue weighted by atomic mass is 10.1. The smallest absolute Gasteiger partial charge is 0.253 e. The highest BCUT2D eigenvalue weighted by Crippen LogP contribution is 2.32. The van der Waals surface area contributed by atoms with Crippen LogP contribution in [0.1, 0.15) is 29.6 Å². The first kappa shape index (κ1) is 22.1. The number of amides is 2. The van der Waals surface area contributed by atoms with Crippen molar-refractivity contribution in [1.29, 1.82) is 0 Å². The Labute approximate surface area is 164 Å². The molecule has 1 aromatic rings. The zero-order valence-corrected chi connectivity index (χ0v) is 16.6. The summed E-state index contributed by atoms with van der Waals surface area (Å²) < 4.78 is 0. The molecule has 4 N–H and O–H groups in total. The SMILES string of the molecule is CSCCC(NC(=O)c1ccccc1Cl)C(=O)NC(CN)C1CC1.Cl. The average Bonchev–Trinajstić information content (AvgIpc) is 3.41. The number of thioether (sulfide) groups is 1. The first-order chi connectivity index (χ1) is 11.6. The summed E-state index contributed by atoms with van der Waals surface area (Å²) in [6.45, 7) is 0.421. The van der Waals surface area contributed by atoms with Gasteiger partial charge in [-0.2, -0.15) is 11.8 Å². The Morgan fingerprint density at radius 1 is 1.32 bits per heavy atom. The van der Waals surface area contributed by atoms with Crippen molar-refractivity contribution in [3.05, 3.63) is 34.9 Å². The lowest BCUT2D eigenvalue weighted by Gasteiger charge is -2.22. The molecule has 1 saturated carbocycles. The molecular weight excluding hydrogens is 381 g/mol. The summed E-state index contributed by atoms with van der Waals surface area (Å²) >= 11 is 7.70. The normalized spacial score (nSPS) is 15.6. The van der Waals surface area contributed by atoms with Crippen LogP contribution in [0.3, 0.4) is 0 Å². The molecule has 0 radical (unpaired) electrons. The van der Waals surface area contributed by atoms with Crippen molar-refractivity contribution in [2.45, 2.75) is 31.3 Å². The third kappa shape index (κ3) is 6.70. The Morgan fingerprint density at radius 2 is 2.00 bits per heavy atom. The first-order valence-corrected chi connectivity index (χ1v) is 9.88. The number of carbonyl (C=O) groups excluding carboxylic acids is 2. The Hall–Kier alpha value is -0.950. The van der Waals surface area contributed by atoms with Gasteiger partial charge in [0.25, 0.3) is 5.91 Å². The second-order valence-electron chi connectivity index (χ2n) is 5.98. The van der Waals surface area contributed by atoms with Crippen molar-refractivity contribution in [1.82, 2.24) is 10.6 Å². The maximum Gasteiger partial charge on any atom is 0.253 e. The monoisotopic (exact) mass is 405 g/mol. The van der Waals surface area contributed by atoms with Crippen molar-refractivity contribution < 1.29 is 9.59 Å². The van der Waals surface area contributed by atoms with Gasteiger partial charge in [-0.1, -0.05) is 23.7 Å². The van der Waals surface area contributed by atoms with Crippen LogP contribution >= 0.6 is 35.8 Å². The van der Waals surface area contributed by atoms with Gasteiger partial charge in [0.2, 0.25) is 5.91 Å². The molecule has 2 atom stereocenters. The molecule has 0 bridgehead atoms. The average molecular weight is 406 g/mol. The van der Waals surface area contributed by atoms with E-state index in [1.165, 1.54) is 0 Å². The summed E-state index contributed by atoms with van der Waals surface area (Å²) in [6, 6.07) is 6.22. The van der Waals surface area contributed by atoms with Crippen molar-refractivity contribution in [3.63, 3.8) is 0 Å². The van der Waals surface area contributed by atoms with Gasteiger partial charge < -0.3 is 16.4 Å². The molecule has 140 valence electrons. The van der Waals surface area contributed by atoms with Crippen LogP contribution in [0.15, 0.2) is 24.3 Å². The zero-order chi connectivity index (χ0) is 17.5. The van der Waals surface area contributed by atoms with Gasteiger partial charge in [0.1, 0.15) is 6.04 Å². The van der Waals surface area contributed by atoms with Gasteiger partial charge in [-0.05, 0) is 49.3 Å². The number of nitrogens with one attached hydrogen (secondary N) is 2. The standard InChI is InChI=1S/C17H24ClN3O2S.ClH/c1-24-9-8-14(17(23)21-15(10-19)11-6-7-11)20-16(22)12-4-2-3-5-13(12)18;/h2-5,11,14-15H,6-10,19H2,1H3,(H,20,22)(H,21,23);1H. The fourth-order valence-corrected chi connectivity index (χ4v) is 3.23. The molecule has 0 spiro atoms. The number of benzene rings is 1. The van der Waals surface area contributed by atoms with E-state index in [9.17, 15) is 9.59 Å². The van der Waals surface area contributed by atoms with Crippen LogP contribution in [0.2, 0.25) is 5.02 Å². The molecule has 2 amide bonds. The van der Waals surface area contributed by atoms with Gasteiger partial charge in [-0.15, -0.1) is 12.4 Å². The molecule has 8 heteroatoms. The highest BCUT2D eigenvalue weighted by molar-refractivity contribution is 7.98. The zero-order valence-electron chi connectivity index (χ0n) is 14.2. The van der Waals surface area contributed by atoms with Crippen LogP contribution < -0.4 is 16.4 Å². The fourth-order valence-electron chi connectivity index (χ4n) is 2.54. The molecule has 0 heterocycles. The minimum atomic E-state index is -0.589. The second-order valence-corrected chi connectivity index (χ2v) is 7.37. The van der Waals surface area contributed by atoms with Crippen molar-refractivity contribution in [2.24, 2.45) is 11.7 Å². The van der Waals surface area contributed by atoms with Gasteiger partial charge in [0.15, 0.2) is 0 Å². The lowest BCUT2D eigenvalue weighted by Crippen LogP contribution is -2.52. The number of halogens is 2. The van der Waals surface area contributed by atoms with Gasteiger partial charge >= 0.3 is 0 Å². The first-order valence-electron chi connectivity index (χ1n) is 8.11. The van der Waals surface area contributed by atoms with E-state index in [4.69, 9.17) is 17.3 Å². The highest BCUT2D eigenvalue weighted by Gasteiger charge is 2.33. The van der Waals surface area contributed by atoms with E-state index in [1.54, 1.807) is 36.0 Å². The number of nitrogens with two attached hydrogens (primary N) is 1. The number of hydrogen-bond acceptors (Lipinski definition) is 4. The van der Waals surface area contributed by atoms with Crippen LogP contribution in [-0.2, 0) is 4.79 Å². The molecule has 0 aliphatic heterocycles. The molecule has 5 nitrogen and oxygen atoms in total. The Bertz CT molecular complexity index is 585. The summed E-state index contributed by atoms with van der Waals surface area (Å²) in [5.41, 5.74) is 6.12. The molecule has 1 fully saturated rings. The van der Waals surface area contributed by atoms with E-state index in [-0.39, 0.29) is 30.3 Å². The molecule has 25 heavy (non-hydrogen) atoms. The van der Waals surface area contributed by atoms with Crippen LogP contribution in [0, 0.1) is 5.92 Å². The predicted molar refractivity (Wildman–Crippen MR) is 107 cm³/mol. The van der Waals surface area contributed by atoms with E-state index in [0.717, 1.165) is 18.6 Å². The number of carbonyl (C=O) groups is 2. The van der Waals surface area contributed by atoms with Gasteiger partial charge in [-0.25, -0.2) is 0 Å². The quantitative estimate of drug-likeness (QED) is 0.588. The van der Waals surface area contributed by atoms with Crippen molar-refractivity contribution in [3.8, 4) is 0 Å². The summed E-state index contributed by atoms with van der Waals surface area (Å²) in [5, 5.41) is 6.17. The number of rotatable bonds is 9. The van der Waals surface area contributed by atoms with Gasteiger partial charge in [0, 0.05) is 12.6 Å². The van der Waals surface area contributed by atoms with E-state index < -0.39 is 6.04 Å².